The Morgan fingerprint density at radius 1 is 1.45 bits per heavy atom. The minimum atomic E-state index is -4.49. The van der Waals surface area contributed by atoms with Crippen LogP contribution in [0.2, 0.25) is 0 Å². The van der Waals surface area contributed by atoms with E-state index < -0.39 is 31.1 Å². The van der Waals surface area contributed by atoms with Gasteiger partial charge in [-0.25, -0.2) is 9.48 Å². The molecule has 0 radical (unpaired) electrons. The zero-order valence-electron chi connectivity index (χ0n) is 10.6. The van der Waals surface area contributed by atoms with Crippen LogP contribution in [0, 0.1) is 0 Å². The molecule has 7 nitrogen and oxygen atoms in total. The second kappa shape index (κ2) is 6.35. The first-order valence-electron chi connectivity index (χ1n) is 5.71. The summed E-state index contributed by atoms with van der Waals surface area (Å²) in [5, 5.41) is 15.3. The highest BCUT2D eigenvalue weighted by Gasteiger charge is 2.32. The lowest BCUT2D eigenvalue weighted by Crippen LogP contribution is -2.41. The monoisotopic (exact) mass is 294 g/mol. The molecule has 10 heteroatoms. The average Bonchev–Trinajstić information content (AvgIpc) is 2.75. The van der Waals surface area contributed by atoms with Gasteiger partial charge in [0.25, 0.3) is 0 Å². The summed E-state index contributed by atoms with van der Waals surface area (Å²) in [7, 11) is 0. The van der Waals surface area contributed by atoms with E-state index in [0.717, 1.165) is 10.9 Å². The SMILES string of the molecule is CCCN(CC(F)(F)F)C(=O)Cn1cc(C(=O)O)nn1. The van der Waals surface area contributed by atoms with Crippen LogP contribution in [0.1, 0.15) is 23.8 Å². The molecule has 20 heavy (non-hydrogen) atoms. The Morgan fingerprint density at radius 2 is 2.10 bits per heavy atom. The van der Waals surface area contributed by atoms with Gasteiger partial charge in [-0.2, -0.15) is 13.2 Å². The molecule has 0 bridgehead atoms. The number of carbonyl (C=O) groups is 2. The van der Waals surface area contributed by atoms with E-state index in [1.54, 1.807) is 6.92 Å². The predicted molar refractivity (Wildman–Crippen MR) is 59.9 cm³/mol. The largest absolute Gasteiger partial charge is 0.476 e. The van der Waals surface area contributed by atoms with Gasteiger partial charge in [-0.3, -0.25) is 4.79 Å². The van der Waals surface area contributed by atoms with Crippen LogP contribution in [0.15, 0.2) is 6.20 Å². The van der Waals surface area contributed by atoms with Gasteiger partial charge in [-0.15, -0.1) is 5.10 Å². The van der Waals surface area contributed by atoms with E-state index in [0.29, 0.717) is 11.3 Å². The highest BCUT2D eigenvalue weighted by molar-refractivity contribution is 5.84. The molecule has 0 saturated carbocycles. The van der Waals surface area contributed by atoms with Crippen LogP contribution in [-0.4, -0.2) is 56.1 Å². The van der Waals surface area contributed by atoms with Gasteiger partial charge in [-0.1, -0.05) is 12.1 Å². The van der Waals surface area contributed by atoms with Crippen LogP contribution in [0.3, 0.4) is 0 Å². The normalized spacial score (nSPS) is 11.4. The van der Waals surface area contributed by atoms with E-state index in [4.69, 9.17) is 5.11 Å². The highest BCUT2D eigenvalue weighted by Crippen LogP contribution is 2.17. The molecule has 0 fully saturated rings. The van der Waals surface area contributed by atoms with Crippen molar-refractivity contribution < 1.29 is 27.9 Å². The number of hydrogen-bond donors (Lipinski definition) is 1. The topological polar surface area (TPSA) is 88.3 Å². The summed E-state index contributed by atoms with van der Waals surface area (Å²) in [4.78, 5) is 23.0. The third-order valence-corrected chi connectivity index (χ3v) is 2.27. The minimum absolute atomic E-state index is 0.0428. The average molecular weight is 294 g/mol. The Hall–Kier alpha value is -2.13. The number of hydrogen-bond acceptors (Lipinski definition) is 4. The van der Waals surface area contributed by atoms with E-state index >= 15 is 0 Å². The summed E-state index contributed by atoms with van der Waals surface area (Å²) < 4.78 is 37.9. The molecule has 0 aliphatic rings. The number of carboxylic acids is 1. The number of aromatic nitrogens is 3. The van der Waals surface area contributed by atoms with E-state index in [2.05, 4.69) is 10.3 Å². The summed E-state index contributed by atoms with van der Waals surface area (Å²) in [5.41, 5.74) is -0.379. The fourth-order valence-electron chi connectivity index (χ4n) is 1.49. The summed E-state index contributed by atoms with van der Waals surface area (Å²) in [6.45, 7) is -0.232. The number of carbonyl (C=O) groups excluding carboxylic acids is 1. The Balaban J connectivity index is 2.72. The van der Waals surface area contributed by atoms with Crippen molar-refractivity contribution in [1.29, 1.82) is 0 Å². The number of halogens is 3. The maximum atomic E-state index is 12.3. The standard InChI is InChI=1S/C10H13F3N4O3/c1-2-3-16(6-10(11,12)13)8(18)5-17-4-7(9(19)20)14-15-17/h4H,2-3,5-6H2,1H3,(H,19,20). The van der Waals surface area contributed by atoms with Crippen LogP contribution < -0.4 is 0 Å². The maximum Gasteiger partial charge on any atom is 0.406 e. The fourth-order valence-corrected chi connectivity index (χ4v) is 1.49. The van der Waals surface area contributed by atoms with Crippen molar-refractivity contribution >= 4 is 11.9 Å². The van der Waals surface area contributed by atoms with Gasteiger partial charge in [0.1, 0.15) is 13.1 Å². The molecule has 1 aromatic rings. The number of rotatable bonds is 6. The van der Waals surface area contributed by atoms with Crippen LogP contribution in [-0.2, 0) is 11.3 Å². The lowest BCUT2D eigenvalue weighted by molar-refractivity contribution is -0.161. The number of carboxylic acid groups (broad SMARTS) is 1. The smallest absolute Gasteiger partial charge is 0.406 e. The van der Waals surface area contributed by atoms with Crippen LogP contribution in [0.4, 0.5) is 13.2 Å². The molecule has 0 aliphatic heterocycles. The van der Waals surface area contributed by atoms with Gasteiger partial charge in [0, 0.05) is 6.54 Å². The minimum Gasteiger partial charge on any atom is -0.476 e. The number of aromatic carboxylic acids is 1. The Bertz CT molecular complexity index is 486. The van der Waals surface area contributed by atoms with Crippen molar-refractivity contribution in [3.63, 3.8) is 0 Å². The summed E-state index contributed by atoms with van der Waals surface area (Å²) in [6.07, 6.45) is -3.13. The van der Waals surface area contributed by atoms with Crippen LogP contribution in [0.5, 0.6) is 0 Å². The molecule has 0 saturated heterocycles. The lowest BCUT2D eigenvalue weighted by Gasteiger charge is -2.23. The number of amides is 1. The summed E-state index contributed by atoms with van der Waals surface area (Å²) in [5.74, 6) is -2.13. The van der Waals surface area contributed by atoms with E-state index in [9.17, 15) is 22.8 Å². The first-order chi connectivity index (χ1) is 9.23. The van der Waals surface area contributed by atoms with E-state index in [1.807, 2.05) is 0 Å². The third-order valence-electron chi connectivity index (χ3n) is 2.27. The molecular weight excluding hydrogens is 281 g/mol. The molecule has 0 aromatic carbocycles. The molecule has 1 N–H and O–H groups in total. The molecule has 0 unspecified atom stereocenters. The molecule has 1 rings (SSSR count). The van der Waals surface area contributed by atoms with Crippen molar-refractivity contribution in [3.8, 4) is 0 Å². The van der Waals surface area contributed by atoms with Gasteiger partial charge < -0.3 is 10.0 Å². The third kappa shape index (κ3) is 4.86. The van der Waals surface area contributed by atoms with Crippen LogP contribution >= 0.6 is 0 Å². The Morgan fingerprint density at radius 3 is 2.55 bits per heavy atom. The lowest BCUT2D eigenvalue weighted by atomic mass is 10.3. The summed E-state index contributed by atoms with van der Waals surface area (Å²) >= 11 is 0. The molecule has 0 spiro atoms. The molecule has 0 atom stereocenters. The van der Waals surface area contributed by atoms with Gasteiger partial charge >= 0.3 is 12.1 Å². The van der Waals surface area contributed by atoms with Crippen molar-refractivity contribution in [1.82, 2.24) is 19.9 Å². The second-order valence-corrected chi connectivity index (χ2v) is 4.04. The van der Waals surface area contributed by atoms with Crippen molar-refractivity contribution in [2.24, 2.45) is 0 Å². The van der Waals surface area contributed by atoms with Gasteiger partial charge in [0.05, 0.1) is 6.20 Å². The molecular formula is C10H13F3N4O3. The molecule has 0 aliphatic carbocycles. The van der Waals surface area contributed by atoms with Gasteiger partial charge in [0.2, 0.25) is 5.91 Å². The Labute approximate surface area is 112 Å². The quantitative estimate of drug-likeness (QED) is 0.837. The molecule has 1 aromatic heterocycles. The van der Waals surface area contributed by atoms with Crippen molar-refractivity contribution in [2.45, 2.75) is 26.1 Å². The first-order valence-corrected chi connectivity index (χ1v) is 5.71. The molecule has 1 amide bonds. The predicted octanol–water partition coefficient (Wildman–Crippen LogP) is 0.777. The van der Waals surface area contributed by atoms with E-state index in [-0.39, 0.29) is 12.2 Å². The van der Waals surface area contributed by atoms with Crippen molar-refractivity contribution in [3.05, 3.63) is 11.9 Å². The zero-order chi connectivity index (χ0) is 15.3. The molecule has 112 valence electrons. The van der Waals surface area contributed by atoms with Gasteiger partial charge in [0.15, 0.2) is 5.69 Å². The second-order valence-electron chi connectivity index (χ2n) is 4.04. The molecule has 1 heterocycles. The van der Waals surface area contributed by atoms with Gasteiger partial charge in [-0.05, 0) is 6.42 Å². The van der Waals surface area contributed by atoms with Crippen LogP contribution in [0.25, 0.3) is 0 Å². The van der Waals surface area contributed by atoms with E-state index in [1.165, 1.54) is 0 Å². The first kappa shape index (κ1) is 15.9. The number of nitrogens with zero attached hydrogens (tertiary/aromatic N) is 4. The van der Waals surface area contributed by atoms with Crippen molar-refractivity contribution in [2.75, 3.05) is 13.1 Å². The summed E-state index contributed by atoms with van der Waals surface area (Å²) in [6, 6.07) is 0. The highest BCUT2D eigenvalue weighted by atomic mass is 19.4. The number of alkyl halides is 3. The zero-order valence-corrected chi connectivity index (χ0v) is 10.6. The maximum absolute atomic E-state index is 12.3. The Kier molecular flexibility index (Phi) is 5.06. The fraction of sp³-hybridized carbons (Fsp3) is 0.600.